The summed E-state index contributed by atoms with van der Waals surface area (Å²) in [6.45, 7) is 6.00. The SMILES string of the molecule is CC(C)C[C@@H]([C@@H](O)CCl)N(Cc1ccccc1)Cc1ccccc1. The van der Waals surface area contributed by atoms with Crippen LogP contribution in [0.15, 0.2) is 60.7 Å². The maximum absolute atomic E-state index is 10.5. The Morgan fingerprint density at radius 2 is 1.33 bits per heavy atom. The molecule has 0 saturated carbocycles. The van der Waals surface area contributed by atoms with Gasteiger partial charge in [0.1, 0.15) is 0 Å². The molecule has 2 nitrogen and oxygen atoms in total. The Labute approximate surface area is 151 Å². The summed E-state index contributed by atoms with van der Waals surface area (Å²) < 4.78 is 0. The number of hydrogen-bond donors (Lipinski definition) is 1. The predicted molar refractivity (Wildman–Crippen MR) is 102 cm³/mol. The molecule has 0 fully saturated rings. The second-order valence-electron chi connectivity index (χ2n) is 6.79. The van der Waals surface area contributed by atoms with Gasteiger partial charge >= 0.3 is 0 Å². The number of rotatable bonds is 9. The van der Waals surface area contributed by atoms with Gasteiger partial charge < -0.3 is 5.11 Å². The monoisotopic (exact) mass is 345 g/mol. The third-order valence-corrected chi connectivity index (χ3v) is 4.56. The fourth-order valence-electron chi connectivity index (χ4n) is 3.06. The van der Waals surface area contributed by atoms with Crippen LogP contribution in [0, 0.1) is 5.92 Å². The first kappa shape index (κ1) is 19.0. The van der Waals surface area contributed by atoms with Gasteiger partial charge in [-0.25, -0.2) is 0 Å². The third-order valence-electron chi connectivity index (χ3n) is 4.24. The van der Waals surface area contributed by atoms with Crippen molar-refractivity contribution in [3.8, 4) is 0 Å². The lowest BCUT2D eigenvalue weighted by molar-refractivity contribution is 0.0405. The summed E-state index contributed by atoms with van der Waals surface area (Å²) in [4.78, 5) is 2.36. The molecule has 0 amide bonds. The van der Waals surface area contributed by atoms with Crippen LogP contribution in [0.2, 0.25) is 0 Å². The highest BCUT2D eigenvalue weighted by molar-refractivity contribution is 6.18. The van der Waals surface area contributed by atoms with Crippen molar-refractivity contribution in [2.75, 3.05) is 5.88 Å². The van der Waals surface area contributed by atoms with Gasteiger partial charge in [0.15, 0.2) is 0 Å². The van der Waals surface area contributed by atoms with Gasteiger partial charge in [0.05, 0.1) is 6.10 Å². The largest absolute Gasteiger partial charge is 0.390 e. The Kier molecular flexibility index (Phi) is 7.77. The van der Waals surface area contributed by atoms with E-state index in [0.29, 0.717) is 5.92 Å². The molecule has 3 heteroatoms. The van der Waals surface area contributed by atoms with Gasteiger partial charge in [0, 0.05) is 25.0 Å². The van der Waals surface area contributed by atoms with Crippen LogP contribution in [0.25, 0.3) is 0 Å². The lowest BCUT2D eigenvalue weighted by Gasteiger charge is -2.35. The van der Waals surface area contributed by atoms with Crippen LogP contribution in [-0.4, -0.2) is 28.0 Å². The Morgan fingerprint density at radius 3 is 1.71 bits per heavy atom. The van der Waals surface area contributed by atoms with Crippen LogP contribution in [0.4, 0.5) is 0 Å². The summed E-state index contributed by atoms with van der Waals surface area (Å²) in [5, 5.41) is 10.5. The molecule has 0 aromatic heterocycles. The zero-order valence-electron chi connectivity index (χ0n) is 14.6. The molecule has 0 saturated heterocycles. The normalized spacial score (nSPS) is 14.1. The van der Waals surface area contributed by atoms with E-state index in [1.54, 1.807) is 0 Å². The number of aliphatic hydroxyl groups is 1. The van der Waals surface area contributed by atoms with Crippen molar-refractivity contribution in [2.24, 2.45) is 5.92 Å². The molecule has 130 valence electrons. The highest BCUT2D eigenvalue weighted by atomic mass is 35.5. The average Bonchev–Trinajstić information content (AvgIpc) is 2.60. The zero-order chi connectivity index (χ0) is 17.4. The van der Waals surface area contributed by atoms with E-state index in [-0.39, 0.29) is 11.9 Å². The summed E-state index contributed by atoms with van der Waals surface area (Å²) in [6.07, 6.45) is 0.398. The minimum atomic E-state index is -0.526. The van der Waals surface area contributed by atoms with E-state index in [2.05, 4.69) is 67.3 Å². The van der Waals surface area contributed by atoms with Gasteiger partial charge in [0.25, 0.3) is 0 Å². The molecular formula is C21H28ClNO. The maximum Gasteiger partial charge on any atom is 0.0830 e. The van der Waals surface area contributed by atoms with E-state index < -0.39 is 6.10 Å². The minimum Gasteiger partial charge on any atom is -0.390 e. The molecule has 2 rings (SSSR count). The molecule has 2 atom stereocenters. The van der Waals surface area contributed by atoms with Gasteiger partial charge in [-0.15, -0.1) is 11.6 Å². The first-order valence-corrected chi connectivity index (χ1v) is 9.19. The second kappa shape index (κ2) is 9.83. The summed E-state index contributed by atoms with van der Waals surface area (Å²) >= 11 is 6.00. The van der Waals surface area contributed by atoms with E-state index in [1.807, 2.05) is 12.1 Å². The standard InChI is InChI=1S/C21H28ClNO/c1-17(2)13-20(21(24)14-22)23(15-18-9-5-3-6-10-18)16-19-11-7-4-8-12-19/h3-12,17,20-21,24H,13-16H2,1-2H3/t20-,21-/m0/s1. The quantitative estimate of drug-likeness (QED) is 0.666. The lowest BCUT2D eigenvalue weighted by atomic mass is 9.97. The van der Waals surface area contributed by atoms with Crippen LogP contribution in [0.5, 0.6) is 0 Å². The highest BCUT2D eigenvalue weighted by Crippen LogP contribution is 2.21. The first-order valence-electron chi connectivity index (χ1n) is 8.66. The highest BCUT2D eigenvalue weighted by Gasteiger charge is 2.26. The molecule has 0 aliphatic rings. The molecule has 0 spiro atoms. The first-order chi connectivity index (χ1) is 11.6. The number of nitrogens with zero attached hydrogens (tertiary/aromatic N) is 1. The third kappa shape index (κ3) is 5.94. The molecule has 0 unspecified atom stereocenters. The van der Waals surface area contributed by atoms with Crippen molar-refractivity contribution < 1.29 is 5.11 Å². The minimum absolute atomic E-state index is 0.0444. The van der Waals surface area contributed by atoms with Crippen LogP contribution < -0.4 is 0 Å². The fraction of sp³-hybridized carbons (Fsp3) is 0.429. The van der Waals surface area contributed by atoms with E-state index in [0.717, 1.165) is 19.5 Å². The molecule has 1 N–H and O–H groups in total. The zero-order valence-corrected chi connectivity index (χ0v) is 15.4. The number of aliphatic hydroxyl groups excluding tert-OH is 1. The molecule has 24 heavy (non-hydrogen) atoms. The molecule has 0 heterocycles. The number of halogens is 1. The van der Waals surface area contributed by atoms with Crippen LogP contribution in [0.1, 0.15) is 31.4 Å². The smallest absolute Gasteiger partial charge is 0.0830 e. The van der Waals surface area contributed by atoms with E-state index >= 15 is 0 Å². The molecule has 2 aromatic carbocycles. The second-order valence-corrected chi connectivity index (χ2v) is 7.10. The fourth-order valence-corrected chi connectivity index (χ4v) is 3.27. The van der Waals surface area contributed by atoms with Gasteiger partial charge in [-0.3, -0.25) is 4.90 Å². The van der Waals surface area contributed by atoms with E-state index in [9.17, 15) is 5.11 Å². The Balaban J connectivity index is 2.24. The summed E-state index contributed by atoms with van der Waals surface area (Å²) in [5.41, 5.74) is 2.51. The van der Waals surface area contributed by atoms with Crippen molar-refractivity contribution in [3.05, 3.63) is 71.8 Å². The average molecular weight is 346 g/mol. The van der Waals surface area contributed by atoms with E-state index in [1.165, 1.54) is 11.1 Å². The Bertz CT molecular complexity index is 531. The molecule has 0 bridgehead atoms. The van der Waals surface area contributed by atoms with E-state index in [4.69, 9.17) is 11.6 Å². The molecule has 0 radical (unpaired) electrons. The van der Waals surface area contributed by atoms with Gasteiger partial charge in [-0.05, 0) is 23.5 Å². The van der Waals surface area contributed by atoms with Crippen molar-refractivity contribution in [1.29, 1.82) is 0 Å². The van der Waals surface area contributed by atoms with Gasteiger partial charge in [0.2, 0.25) is 0 Å². The van der Waals surface area contributed by atoms with Crippen molar-refractivity contribution in [2.45, 2.75) is 45.5 Å². The topological polar surface area (TPSA) is 23.5 Å². The summed E-state index contributed by atoms with van der Waals surface area (Å²) in [5.74, 6) is 0.763. The van der Waals surface area contributed by atoms with Gasteiger partial charge in [-0.2, -0.15) is 0 Å². The summed E-state index contributed by atoms with van der Waals surface area (Å²) in [7, 11) is 0. The molecular weight excluding hydrogens is 318 g/mol. The molecule has 2 aromatic rings. The van der Waals surface area contributed by atoms with Crippen LogP contribution >= 0.6 is 11.6 Å². The predicted octanol–water partition coefficient (Wildman–Crippen LogP) is 4.70. The lowest BCUT2D eigenvalue weighted by Crippen LogP contribution is -2.44. The number of hydrogen-bond acceptors (Lipinski definition) is 2. The Morgan fingerprint density at radius 1 is 0.875 bits per heavy atom. The number of alkyl halides is 1. The van der Waals surface area contributed by atoms with Crippen LogP contribution in [-0.2, 0) is 13.1 Å². The Hall–Kier alpha value is -1.35. The molecule has 0 aliphatic carbocycles. The molecule has 0 aliphatic heterocycles. The van der Waals surface area contributed by atoms with Crippen molar-refractivity contribution in [3.63, 3.8) is 0 Å². The summed E-state index contributed by atoms with van der Waals surface area (Å²) in [6, 6.07) is 20.9. The van der Waals surface area contributed by atoms with Crippen molar-refractivity contribution >= 4 is 11.6 Å². The van der Waals surface area contributed by atoms with Crippen LogP contribution in [0.3, 0.4) is 0 Å². The van der Waals surface area contributed by atoms with Gasteiger partial charge in [-0.1, -0.05) is 74.5 Å². The number of benzene rings is 2. The maximum atomic E-state index is 10.5. The van der Waals surface area contributed by atoms with Crippen molar-refractivity contribution in [1.82, 2.24) is 4.90 Å².